The van der Waals surface area contributed by atoms with Crippen LogP contribution in [0.15, 0.2) is 35.1 Å². The summed E-state index contributed by atoms with van der Waals surface area (Å²) in [6.45, 7) is 3.69. The topological polar surface area (TPSA) is 136 Å². The lowest BCUT2D eigenvalue weighted by Gasteiger charge is -2.09. The van der Waals surface area contributed by atoms with Gasteiger partial charge in [0.25, 0.3) is 17.2 Å². The van der Waals surface area contributed by atoms with Crippen LogP contribution >= 0.6 is 11.6 Å². The van der Waals surface area contributed by atoms with Crippen LogP contribution in [0.2, 0.25) is 5.02 Å². The highest BCUT2D eigenvalue weighted by atomic mass is 35.5. The van der Waals surface area contributed by atoms with Crippen LogP contribution in [0, 0.1) is 17.0 Å². The summed E-state index contributed by atoms with van der Waals surface area (Å²) in [4.78, 5) is 41.9. The van der Waals surface area contributed by atoms with E-state index in [1.54, 1.807) is 13.0 Å². The van der Waals surface area contributed by atoms with Gasteiger partial charge in [0.15, 0.2) is 0 Å². The van der Waals surface area contributed by atoms with E-state index in [-0.39, 0.29) is 33.6 Å². The van der Waals surface area contributed by atoms with Gasteiger partial charge < -0.3 is 5.32 Å². The second kappa shape index (κ2) is 8.23. The maximum Gasteiger partial charge on any atom is 0.288 e. The van der Waals surface area contributed by atoms with Gasteiger partial charge in [0.05, 0.1) is 10.6 Å². The monoisotopic (exact) mass is 416 g/mol. The van der Waals surface area contributed by atoms with Crippen molar-refractivity contribution < 1.29 is 9.72 Å². The minimum atomic E-state index is -0.665. The fraction of sp³-hybridized carbons (Fsp3) is 0.222. The summed E-state index contributed by atoms with van der Waals surface area (Å²) in [5.41, 5.74) is 0.517. The molecule has 0 fully saturated rings. The van der Waals surface area contributed by atoms with Gasteiger partial charge in [0, 0.05) is 29.5 Å². The van der Waals surface area contributed by atoms with Gasteiger partial charge in [-0.2, -0.15) is 9.78 Å². The zero-order valence-corrected chi connectivity index (χ0v) is 16.4. The largest absolute Gasteiger partial charge is 0.306 e. The van der Waals surface area contributed by atoms with Crippen molar-refractivity contribution >= 4 is 29.0 Å². The predicted molar refractivity (Wildman–Crippen MR) is 107 cm³/mol. The molecule has 0 aliphatic carbocycles. The molecule has 0 saturated carbocycles. The summed E-state index contributed by atoms with van der Waals surface area (Å²) in [7, 11) is 0. The van der Waals surface area contributed by atoms with Crippen molar-refractivity contribution in [1.82, 2.24) is 19.7 Å². The molecule has 3 rings (SSSR count). The number of H-pyrrole nitrogens is 1. The van der Waals surface area contributed by atoms with Crippen LogP contribution in [0.4, 0.5) is 11.5 Å². The Morgan fingerprint density at radius 2 is 2.10 bits per heavy atom. The first kappa shape index (κ1) is 20.2. The Hall–Kier alpha value is -3.53. The standard InChI is InChI=1S/C18H17ClN6O4/c1-3-4-12-9-16(26)22-18(20-12)24-15(7-10(2)23-24)21-17(27)11-5-6-13(19)14(8-11)25(28)29/h5-9H,3-4H2,1-2H3,(H,21,27)(H,20,22,26). The Morgan fingerprint density at radius 1 is 1.34 bits per heavy atom. The maximum absolute atomic E-state index is 12.6. The highest BCUT2D eigenvalue weighted by Crippen LogP contribution is 2.25. The van der Waals surface area contributed by atoms with Gasteiger partial charge in [-0.15, -0.1) is 0 Å². The third kappa shape index (κ3) is 4.49. The molecule has 1 aromatic carbocycles. The number of carbonyl (C=O) groups is 1. The van der Waals surface area contributed by atoms with Crippen molar-refractivity contribution in [2.45, 2.75) is 26.7 Å². The summed E-state index contributed by atoms with van der Waals surface area (Å²) in [5, 5.41) is 17.9. The van der Waals surface area contributed by atoms with Crippen molar-refractivity contribution in [2.75, 3.05) is 5.32 Å². The Balaban J connectivity index is 1.96. The average molecular weight is 417 g/mol. The number of nitro benzene ring substituents is 1. The molecular formula is C18H17ClN6O4. The molecule has 3 aromatic rings. The lowest BCUT2D eigenvalue weighted by molar-refractivity contribution is -0.384. The molecule has 150 valence electrons. The first-order chi connectivity index (χ1) is 13.8. The molecule has 0 unspecified atom stereocenters. The third-order valence-corrected chi connectivity index (χ3v) is 4.29. The number of benzene rings is 1. The first-order valence-electron chi connectivity index (χ1n) is 8.71. The number of hydrogen-bond donors (Lipinski definition) is 2. The van der Waals surface area contributed by atoms with Gasteiger partial charge in [0.1, 0.15) is 10.8 Å². The van der Waals surface area contributed by atoms with Gasteiger partial charge in [-0.05, 0) is 25.5 Å². The molecule has 2 aromatic heterocycles. The average Bonchev–Trinajstić information content (AvgIpc) is 3.01. The van der Waals surface area contributed by atoms with Crippen molar-refractivity contribution in [2.24, 2.45) is 0 Å². The smallest absolute Gasteiger partial charge is 0.288 e. The van der Waals surface area contributed by atoms with E-state index in [4.69, 9.17) is 11.6 Å². The van der Waals surface area contributed by atoms with Crippen LogP contribution in [0.1, 0.15) is 35.1 Å². The fourth-order valence-electron chi connectivity index (χ4n) is 2.71. The molecule has 11 heteroatoms. The van der Waals surface area contributed by atoms with Crippen molar-refractivity contribution in [3.63, 3.8) is 0 Å². The number of hydrogen-bond acceptors (Lipinski definition) is 6. The molecule has 0 bridgehead atoms. The number of anilines is 1. The molecule has 2 heterocycles. The maximum atomic E-state index is 12.6. The van der Waals surface area contributed by atoms with Gasteiger partial charge in [-0.1, -0.05) is 24.9 Å². The summed E-state index contributed by atoms with van der Waals surface area (Å²) in [6, 6.07) is 6.75. The Bertz CT molecular complexity index is 1150. The van der Waals surface area contributed by atoms with Crippen molar-refractivity contribution in [1.29, 1.82) is 0 Å². The number of aryl methyl sites for hydroxylation is 2. The second-order valence-corrected chi connectivity index (χ2v) is 6.68. The van der Waals surface area contributed by atoms with Gasteiger partial charge in [-0.25, -0.2) is 4.98 Å². The van der Waals surface area contributed by atoms with Crippen LogP contribution in [0.3, 0.4) is 0 Å². The van der Waals surface area contributed by atoms with Crippen molar-refractivity contribution in [3.8, 4) is 5.95 Å². The number of aromatic nitrogens is 4. The summed E-state index contributed by atoms with van der Waals surface area (Å²) in [6.07, 6.45) is 1.43. The van der Waals surface area contributed by atoms with E-state index in [2.05, 4.69) is 20.4 Å². The minimum absolute atomic E-state index is 0.0488. The zero-order valence-electron chi connectivity index (χ0n) is 15.6. The van der Waals surface area contributed by atoms with E-state index < -0.39 is 10.8 Å². The van der Waals surface area contributed by atoms with E-state index in [0.29, 0.717) is 17.8 Å². The van der Waals surface area contributed by atoms with Crippen molar-refractivity contribution in [3.05, 3.63) is 72.8 Å². The zero-order chi connectivity index (χ0) is 21.1. The number of amides is 1. The molecular weight excluding hydrogens is 400 g/mol. The summed E-state index contributed by atoms with van der Waals surface area (Å²) >= 11 is 5.79. The molecule has 0 atom stereocenters. The second-order valence-electron chi connectivity index (χ2n) is 6.27. The molecule has 0 aliphatic heterocycles. The molecule has 29 heavy (non-hydrogen) atoms. The molecule has 0 saturated heterocycles. The normalized spacial score (nSPS) is 10.7. The Labute approximate surface area is 169 Å². The summed E-state index contributed by atoms with van der Waals surface area (Å²) < 4.78 is 1.30. The third-order valence-electron chi connectivity index (χ3n) is 3.97. The quantitative estimate of drug-likeness (QED) is 0.468. The van der Waals surface area contributed by atoms with Gasteiger partial charge in [0.2, 0.25) is 5.95 Å². The van der Waals surface area contributed by atoms with Crippen LogP contribution in [-0.4, -0.2) is 30.6 Å². The molecule has 0 aliphatic rings. The number of nitrogens with zero attached hydrogens (tertiary/aromatic N) is 4. The number of carbonyl (C=O) groups excluding carboxylic acids is 1. The number of nitro groups is 1. The minimum Gasteiger partial charge on any atom is -0.306 e. The Morgan fingerprint density at radius 3 is 2.79 bits per heavy atom. The molecule has 0 radical (unpaired) electrons. The number of nitrogens with one attached hydrogen (secondary N) is 2. The van der Waals surface area contributed by atoms with Crippen LogP contribution < -0.4 is 10.9 Å². The molecule has 10 nitrogen and oxygen atoms in total. The summed E-state index contributed by atoms with van der Waals surface area (Å²) in [5.74, 6) is -0.189. The van der Waals surface area contributed by atoms with E-state index in [9.17, 15) is 19.7 Å². The van der Waals surface area contributed by atoms with Gasteiger partial charge in [-0.3, -0.25) is 24.7 Å². The van der Waals surface area contributed by atoms with Crippen LogP contribution in [0.5, 0.6) is 0 Å². The van der Waals surface area contributed by atoms with Crippen LogP contribution in [0.25, 0.3) is 5.95 Å². The first-order valence-corrected chi connectivity index (χ1v) is 9.09. The van der Waals surface area contributed by atoms with E-state index in [1.165, 1.54) is 22.9 Å². The fourth-order valence-corrected chi connectivity index (χ4v) is 2.90. The van der Waals surface area contributed by atoms with Crippen LogP contribution in [-0.2, 0) is 6.42 Å². The lowest BCUT2D eigenvalue weighted by Crippen LogP contribution is -2.19. The number of aromatic amines is 1. The lowest BCUT2D eigenvalue weighted by atomic mass is 10.2. The molecule has 0 spiro atoms. The number of rotatable bonds is 6. The van der Waals surface area contributed by atoms with E-state index in [0.717, 1.165) is 12.5 Å². The Kier molecular flexibility index (Phi) is 5.74. The molecule has 2 N–H and O–H groups in total. The van der Waals surface area contributed by atoms with E-state index >= 15 is 0 Å². The predicted octanol–water partition coefficient (Wildman–Crippen LogP) is 3.03. The highest BCUT2D eigenvalue weighted by Gasteiger charge is 2.19. The SMILES string of the molecule is CCCc1cc(=O)[nH]c(-n2nc(C)cc2NC(=O)c2ccc(Cl)c([N+](=O)[O-])c2)n1. The highest BCUT2D eigenvalue weighted by molar-refractivity contribution is 6.32. The molecule has 1 amide bonds. The van der Waals surface area contributed by atoms with E-state index in [1.807, 2.05) is 6.92 Å². The number of halogens is 1. The van der Waals surface area contributed by atoms with Gasteiger partial charge >= 0.3 is 0 Å².